The maximum absolute atomic E-state index is 5.66. The van der Waals surface area contributed by atoms with E-state index < -0.39 is 0 Å². The van der Waals surface area contributed by atoms with Crippen LogP contribution in [0.3, 0.4) is 0 Å². The van der Waals surface area contributed by atoms with E-state index in [-0.39, 0.29) is 0 Å². The molecule has 0 bridgehead atoms. The molecule has 1 nitrogen and oxygen atoms in total. The highest BCUT2D eigenvalue weighted by Gasteiger charge is 2.18. The molecule has 138 valence electrons. The Morgan fingerprint density at radius 2 is 1.69 bits per heavy atom. The minimum absolute atomic E-state index is 0.584. The van der Waals surface area contributed by atoms with E-state index in [0.29, 0.717) is 5.92 Å². The monoisotopic (exact) mass is 348 g/mol. The SMILES string of the molecule is CCCCOc1ccc(C#C/C=C/C#C[C@H]2CC[C@H](CCC)CC2)cc1. The van der Waals surface area contributed by atoms with Crippen LogP contribution in [0, 0.1) is 35.5 Å². The Morgan fingerprint density at radius 1 is 0.962 bits per heavy atom. The highest BCUT2D eigenvalue weighted by atomic mass is 16.5. The molecule has 0 atom stereocenters. The maximum atomic E-state index is 5.66. The molecule has 1 fully saturated rings. The lowest BCUT2D eigenvalue weighted by atomic mass is 9.80. The van der Waals surface area contributed by atoms with Crippen LogP contribution >= 0.6 is 0 Å². The summed E-state index contributed by atoms with van der Waals surface area (Å²) in [5, 5.41) is 0. The van der Waals surface area contributed by atoms with Gasteiger partial charge in [0, 0.05) is 11.5 Å². The summed E-state index contributed by atoms with van der Waals surface area (Å²) in [5.74, 6) is 15.2. The van der Waals surface area contributed by atoms with Crippen molar-refractivity contribution in [2.24, 2.45) is 11.8 Å². The van der Waals surface area contributed by atoms with Crippen molar-refractivity contribution in [1.29, 1.82) is 0 Å². The van der Waals surface area contributed by atoms with Crippen molar-refractivity contribution >= 4 is 0 Å². The van der Waals surface area contributed by atoms with Crippen LogP contribution < -0.4 is 4.74 Å². The first-order chi connectivity index (χ1) is 12.8. The number of benzene rings is 1. The second-order valence-corrected chi connectivity index (χ2v) is 7.12. The molecule has 0 aromatic heterocycles. The van der Waals surface area contributed by atoms with Crippen molar-refractivity contribution in [3.05, 3.63) is 42.0 Å². The van der Waals surface area contributed by atoms with E-state index in [1.807, 2.05) is 36.4 Å². The molecule has 1 saturated carbocycles. The Labute approximate surface area is 160 Å². The summed E-state index contributed by atoms with van der Waals surface area (Å²) in [7, 11) is 0. The van der Waals surface area contributed by atoms with Crippen molar-refractivity contribution in [2.75, 3.05) is 6.61 Å². The van der Waals surface area contributed by atoms with Gasteiger partial charge in [0.25, 0.3) is 0 Å². The smallest absolute Gasteiger partial charge is 0.119 e. The number of allylic oxidation sites excluding steroid dienone is 2. The molecule has 0 amide bonds. The number of unbranched alkanes of at least 4 members (excludes halogenated alkanes) is 1. The van der Waals surface area contributed by atoms with Crippen LogP contribution in [-0.4, -0.2) is 6.61 Å². The molecule has 0 N–H and O–H groups in total. The van der Waals surface area contributed by atoms with Crippen molar-refractivity contribution in [2.45, 2.75) is 65.2 Å². The van der Waals surface area contributed by atoms with Gasteiger partial charge in [0.2, 0.25) is 0 Å². The van der Waals surface area contributed by atoms with Gasteiger partial charge in [-0.2, -0.15) is 0 Å². The van der Waals surface area contributed by atoms with Gasteiger partial charge in [0.15, 0.2) is 0 Å². The quantitative estimate of drug-likeness (QED) is 0.428. The number of rotatable bonds is 6. The lowest BCUT2D eigenvalue weighted by Gasteiger charge is -2.25. The van der Waals surface area contributed by atoms with Gasteiger partial charge in [0.05, 0.1) is 6.61 Å². The zero-order valence-electron chi connectivity index (χ0n) is 16.4. The molecule has 0 radical (unpaired) electrons. The Bertz CT molecular complexity index is 652. The lowest BCUT2D eigenvalue weighted by molar-refractivity contribution is 0.300. The van der Waals surface area contributed by atoms with Crippen LogP contribution in [0.15, 0.2) is 36.4 Å². The van der Waals surface area contributed by atoms with Gasteiger partial charge in [0.1, 0.15) is 5.75 Å². The summed E-state index contributed by atoms with van der Waals surface area (Å²) in [6.45, 7) is 5.23. The van der Waals surface area contributed by atoms with Crippen LogP contribution in [-0.2, 0) is 0 Å². The molecular formula is C25H32O. The number of hydrogen-bond donors (Lipinski definition) is 0. The number of hydrogen-bond acceptors (Lipinski definition) is 1. The average Bonchev–Trinajstić information content (AvgIpc) is 2.67. The fourth-order valence-corrected chi connectivity index (χ4v) is 3.35. The predicted molar refractivity (Wildman–Crippen MR) is 111 cm³/mol. The van der Waals surface area contributed by atoms with E-state index in [9.17, 15) is 0 Å². The van der Waals surface area contributed by atoms with Gasteiger partial charge in [-0.25, -0.2) is 0 Å². The Balaban J connectivity index is 1.73. The van der Waals surface area contributed by atoms with E-state index in [1.54, 1.807) is 0 Å². The summed E-state index contributed by atoms with van der Waals surface area (Å²) in [4.78, 5) is 0. The molecule has 1 aliphatic rings. The molecule has 0 heterocycles. The first kappa shape index (κ1) is 20.2. The molecule has 1 aromatic carbocycles. The second-order valence-electron chi connectivity index (χ2n) is 7.12. The van der Waals surface area contributed by atoms with Gasteiger partial charge >= 0.3 is 0 Å². The summed E-state index contributed by atoms with van der Waals surface area (Å²) < 4.78 is 5.66. The Hall–Kier alpha value is -2.12. The highest BCUT2D eigenvalue weighted by Crippen LogP contribution is 2.30. The van der Waals surface area contributed by atoms with E-state index >= 15 is 0 Å². The maximum Gasteiger partial charge on any atom is 0.119 e. The van der Waals surface area contributed by atoms with Gasteiger partial charge in [-0.3, -0.25) is 0 Å². The third kappa shape index (κ3) is 7.84. The fourth-order valence-electron chi connectivity index (χ4n) is 3.35. The standard InChI is InChI=1S/C25H32O/c1-3-5-21-26-25-19-17-24(18-20-25)12-9-7-6-8-11-23-15-13-22(10-4-2)14-16-23/h6-7,17-20,22-23H,3-5,10,13-16,21H2,1-2H3/b7-6+/t22-,23-. The van der Waals surface area contributed by atoms with Gasteiger partial charge in [-0.1, -0.05) is 56.8 Å². The normalized spacial score (nSPS) is 19.3. The van der Waals surface area contributed by atoms with Crippen LogP contribution in [0.2, 0.25) is 0 Å². The Morgan fingerprint density at radius 3 is 2.38 bits per heavy atom. The fraction of sp³-hybridized carbons (Fsp3) is 0.520. The minimum atomic E-state index is 0.584. The van der Waals surface area contributed by atoms with Crippen molar-refractivity contribution < 1.29 is 4.74 Å². The average molecular weight is 349 g/mol. The van der Waals surface area contributed by atoms with Crippen LogP contribution in [0.25, 0.3) is 0 Å². The summed E-state index contributed by atoms with van der Waals surface area (Å²) in [6, 6.07) is 7.97. The molecule has 0 spiro atoms. The van der Waals surface area contributed by atoms with Crippen molar-refractivity contribution in [1.82, 2.24) is 0 Å². The van der Waals surface area contributed by atoms with E-state index in [1.165, 1.54) is 38.5 Å². The first-order valence-corrected chi connectivity index (χ1v) is 10.2. The molecule has 0 aliphatic heterocycles. The molecule has 1 heteroatoms. The molecular weight excluding hydrogens is 316 g/mol. The predicted octanol–water partition coefficient (Wildman–Crippen LogP) is 6.38. The summed E-state index contributed by atoms with van der Waals surface area (Å²) in [6.07, 6.45) is 13.9. The highest BCUT2D eigenvalue weighted by molar-refractivity contribution is 5.40. The van der Waals surface area contributed by atoms with Gasteiger partial charge in [-0.05, 0) is 74.4 Å². The lowest BCUT2D eigenvalue weighted by Crippen LogP contribution is -2.12. The zero-order chi connectivity index (χ0) is 18.5. The van der Waals surface area contributed by atoms with Gasteiger partial charge < -0.3 is 4.74 Å². The molecule has 26 heavy (non-hydrogen) atoms. The Kier molecular flexibility index (Phi) is 9.53. The second kappa shape index (κ2) is 12.3. The third-order valence-corrected chi connectivity index (χ3v) is 4.92. The zero-order valence-corrected chi connectivity index (χ0v) is 16.4. The first-order valence-electron chi connectivity index (χ1n) is 10.2. The van der Waals surface area contributed by atoms with E-state index in [2.05, 4.69) is 37.5 Å². The molecule has 0 unspecified atom stereocenters. The van der Waals surface area contributed by atoms with Crippen molar-refractivity contribution in [3.63, 3.8) is 0 Å². The number of ether oxygens (including phenoxy) is 1. The molecule has 0 saturated heterocycles. The van der Waals surface area contributed by atoms with Crippen LogP contribution in [0.1, 0.15) is 70.8 Å². The van der Waals surface area contributed by atoms with E-state index in [0.717, 1.165) is 36.7 Å². The van der Waals surface area contributed by atoms with Gasteiger partial charge in [-0.15, -0.1) is 0 Å². The third-order valence-electron chi connectivity index (χ3n) is 4.92. The molecule has 1 aliphatic carbocycles. The minimum Gasteiger partial charge on any atom is -0.494 e. The van der Waals surface area contributed by atoms with Crippen LogP contribution in [0.4, 0.5) is 0 Å². The summed E-state index contributed by atoms with van der Waals surface area (Å²) in [5.41, 5.74) is 1.000. The van der Waals surface area contributed by atoms with Crippen molar-refractivity contribution in [3.8, 4) is 29.4 Å². The van der Waals surface area contributed by atoms with Crippen LogP contribution in [0.5, 0.6) is 5.75 Å². The largest absolute Gasteiger partial charge is 0.494 e. The molecule has 2 rings (SSSR count). The summed E-state index contributed by atoms with van der Waals surface area (Å²) >= 11 is 0. The van der Waals surface area contributed by atoms with E-state index in [4.69, 9.17) is 4.74 Å². The topological polar surface area (TPSA) is 9.23 Å². The molecule has 1 aromatic rings.